The molecule has 0 spiro atoms. The normalized spacial score (nSPS) is 24.5. The van der Waals surface area contributed by atoms with Crippen LogP contribution < -0.4 is 0 Å². The van der Waals surface area contributed by atoms with Gasteiger partial charge in [0.05, 0.1) is 4.90 Å². The molecule has 3 rings (SSSR count). The Hall–Kier alpha value is -1.67. The van der Waals surface area contributed by atoms with Crippen LogP contribution in [0.1, 0.15) is 20.3 Å². The summed E-state index contributed by atoms with van der Waals surface area (Å²) in [5.41, 5.74) is 0.742. The molecule has 7 nitrogen and oxygen atoms in total. The van der Waals surface area contributed by atoms with Gasteiger partial charge in [0.1, 0.15) is 11.0 Å². The number of sulfonamides is 1. The molecule has 2 atom stereocenters. The maximum atomic E-state index is 12.7. The fourth-order valence-corrected chi connectivity index (χ4v) is 4.70. The molecule has 0 bridgehead atoms. The number of hydrogen-bond donors (Lipinski definition) is 1. The Morgan fingerprint density at radius 3 is 2.57 bits per heavy atom. The molecule has 0 aliphatic carbocycles. The van der Waals surface area contributed by atoms with Crippen LogP contribution >= 0.6 is 0 Å². The predicted octanol–water partition coefficient (Wildman–Crippen LogP) is 1.34. The third-order valence-corrected chi connectivity index (χ3v) is 5.70. The average molecular weight is 310 g/mol. The quantitative estimate of drug-likeness (QED) is 0.846. The van der Waals surface area contributed by atoms with E-state index in [1.165, 1.54) is 16.4 Å². The molecule has 1 N–H and O–H groups in total. The van der Waals surface area contributed by atoms with Crippen LogP contribution in [0.3, 0.4) is 0 Å². The van der Waals surface area contributed by atoms with Gasteiger partial charge in [0.2, 0.25) is 10.0 Å². The summed E-state index contributed by atoms with van der Waals surface area (Å²) in [5, 5.41) is 16.7. The van der Waals surface area contributed by atoms with Crippen molar-refractivity contribution in [3.8, 4) is 0 Å². The summed E-state index contributed by atoms with van der Waals surface area (Å²) >= 11 is 0. The Morgan fingerprint density at radius 1 is 1.24 bits per heavy atom. The second kappa shape index (κ2) is 4.96. The lowest BCUT2D eigenvalue weighted by Crippen LogP contribution is -2.42. The monoisotopic (exact) mass is 310 g/mol. The van der Waals surface area contributed by atoms with Crippen molar-refractivity contribution in [3.63, 3.8) is 0 Å². The van der Waals surface area contributed by atoms with Crippen LogP contribution in [-0.2, 0) is 10.0 Å². The second-order valence-corrected chi connectivity index (χ2v) is 7.84. The molecule has 1 fully saturated rings. The summed E-state index contributed by atoms with van der Waals surface area (Å²) in [4.78, 5) is 0.754. The Kier molecular flexibility index (Phi) is 3.37. The number of piperidine rings is 1. The Balaban J connectivity index is 2.01. The molecule has 0 saturated carbocycles. The van der Waals surface area contributed by atoms with Crippen LogP contribution in [-0.4, -0.2) is 46.2 Å². The van der Waals surface area contributed by atoms with E-state index in [-0.39, 0.29) is 10.4 Å². The summed E-state index contributed by atoms with van der Waals surface area (Å²) in [7, 11) is -3.56. The van der Waals surface area contributed by atoms with Crippen molar-refractivity contribution >= 4 is 21.1 Å². The van der Waals surface area contributed by atoms with Gasteiger partial charge < -0.3 is 5.21 Å². The smallest absolute Gasteiger partial charge is 0.243 e. The number of nitrogens with zero attached hydrogens (tertiary/aromatic N) is 4. The van der Waals surface area contributed by atoms with E-state index in [2.05, 4.69) is 24.2 Å². The molecule has 1 aromatic carbocycles. The third kappa shape index (κ3) is 2.49. The van der Waals surface area contributed by atoms with E-state index in [1.54, 1.807) is 6.07 Å². The second-order valence-electron chi connectivity index (χ2n) is 5.90. The maximum Gasteiger partial charge on any atom is 0.243 e. The van der Waals surface area contributed by atoms with Gasteiger partial charge in [-0.05, 0) is 41.7 Å². The van der Waals surface area contributed by atoms with Gasteiger partial charge in [-0.3, -0.25) is 0 Å². The van der Waals surface area contributed by atoms with Gasteiger partial charge in [-0.2, -0.15) is 4.31 Å². The molecule has 2 aromatic rings. The molecule has 1 aliphatic rings. The summed E-state index contributed by atoms with van der Waals surface area (Å²) in [6, 6.07) is 4.48. The zero-order valence-corrected chi connectivity index (χ0v) is 12.8. The molecule has 114 valence electrons. The van der Waals surface area contributed by atoms with Crippen molar-refractivity contribution in [1.82, 2.24) is 19.5 Å². The Labute approximate surface area is 123 Å². The topological polar surface area (TPSA) is 88.3 Å². The Bertz CT molecular complexity index is 761. The standard InChI is InChI=1S/C13H18N4O3S/c1-9-5-10(2)8-16(7-9)21(19,20)11-3-4-12-13(6-11)17(18)15-14-12/h3-4,6,9-10,18H,5,7-8H2,1-2H3. The van der Waals surface area contributed by atoms with Crippen molar-refractivity contribution < 1.29 is 13.6 Å². The summed E-state index contributed by atoms with van der Waals surface area (Å²) in [6.07, 6.45) is 1.04. The van der Waals surface area contributed by atoms with Gasteiger partial charge in [0, 0.05) is 13.1 Å². The number of fused-ring (bicyclic) bond motifs is 1. The zero-order valence-electron chi connectivity index (χ0n) is 12.0. The van der Waals surface area contributed by atoms with Crippen molar-refractivity contribution in [2.45, 2.75) is 25.2 Å². The van der Waals surface area contributed by atoms with E-state index in [0.29, 0.717) is 35.3 Å². The highest BCUT2D eigenvalue weighted by Gasteiger charge is 2.32. The van der Waals surface area contributed by atoms with Crippen molar-refractivity contribution in [2.75, 3.05) is 13.1 Å². The highest BCUT2D eigenvalue weighted by Crippen LogP contribution is 2.27. The minimum absolute atomic E-state index is 0.161. The molecule has 21 heavy (non-hydrogen) atoms. The van der Waals surface area contributed by atoms with Gasteiger partial charge in [0.15, 0.2) is 0 Å². The molecular weight excluding hydrogens is 292 g/mol. The van der Waals surface area contributed by atoms with E-state index in [4.69, 9.17) is 0 Å². The summed E-state index contributed by atoms with van der Waals surface area (Å²) < 4.78 is 27.0. The molecule has 2 unspecified atom stereocenters. The maximum absolute atomic E-state index is 12.7. The van der Waals surface area contributed by atoms with E-state index in [9.17, 15) is 13.6 Å². The number of benzene rings is 1. The van der Waals surface area contributed by atoms with E-state index in [1.807, 2.05) is 0 Å². The molecule has 0 amide bonds. The lowest BCUT2D eigenvalue weighted by atomic mass is 9.94. The largest absolute Gasteiger partial charge is 0.410 e. The highest BCUT2D eigenvalue weighted by atomic mass is 32.2. The fraction of sp³-hybridized carbons (Fsp3) is 0.538. The number of aromatic nitrogens is 3. The summed E-state index contributed by atoms with van der Waals surface area (Å²) in [6.45, 7) is 5.19. The van der Waals surface area contributed by atoms with Crippen LogP contribution in [0, 0.1) is 11.8 Å². The highest BCUT2D eigenvalue weighted by molar-refractivity contribution is 7.89. The Morgan fingerprint density at radius 2 is 1.90 bits per heavy atom. The van der Waals surface area contributed by atoms with Crippen LogP contribution in [0.25, 0.3) is 11.0 Å². The predicted molar refractivity (Wildman–Crippen MR) is 76.4 cm³/mol. The van der Waals surface area contributed by atoms with Crippen LogP contribution in [0.2, 0.25) is 0 Å². The zero-order chi connectivity index (χ0) is 15.2. The molecule has 1 saturated heterocycles. The third-order valence-electron chi connectivity index (χ3n) is 3.87. The van der Waals surface area contributed by atoms with Gasteiger partial charge in [0.25, 0.3) is 0 Å². The summed E-state index contributed by atoms with van der Waals surface area (Å²) in [5.74, 6) is 0.689. The average Bonchev–Trinajstić information content (AvgIpc) is 2.79. The molecule has 0 radical (unpaired) electrons. The molecule has 1 aromatic heterocycles. The molecular formula is C13H18N4O3S. The molecule has 8 heteroatoms. The van der Waals surface area contributed by atoms with Crippen molar-refractivity contribution in [1.29, 1.82) is 0 Å². The SMILES string of the molecule is CC1CC(C)CN(S(=O)(=O)c2ccc3nnn(O)c3c2)C1. The molecule has 2 heterocycles. The number of rotatable bonds is 2. The lowest BCUT2D eigenvalue weighted by Gasteiger charge is -2.34. The fourth-order valence-electron chi connectivity index (χ4n) is 3.00. The number of hydrogen-bond acceptors (Lipinski definition) is 5. The first-order valence-corrected chi connectivity index (χ1v) is 8.37. The van der Waals surface area contributed by atoms with E-state index >= 15 is 0 Å². The minimum Gasteiger partial charge on any atom is -0.410 e. The van der Waals surface area contributed by atoms with E-state index in [0.717, 1.165) is 6.42 Å². The van der Waals surface area contributed by atoms with Gasteiger partial charge in [-0.15, -0.1) is 5.10 Å². The lowest BCUT2D eigenvalue weighted by molar-refractivity contribution is 0.154. The van der Waals surface area contributed by atoms with E-state index < -0.39 is 10.0 Å². The first-order chi connectivity index (χ1) is 9.88. The van der Waals surface area contributed by atoms with Gasteiger partial charge >= 0.3 is 0 Å². The molecule has 1 aliphatic heterocycles. The van der Waals surface area contributed by atoms with Crippen molar-refractivity contribution in [2.24, 2.45) is 11.8 Å². The van der Waals surface area contributed by atoms with Crippen LogP contribution in [0.15, 0.2) is 23.1 Å². The first kappa shape index (κ1) is 14.3. The van der Waals surface area contributed by atoms with Crippen LogP contribution in [0.4, 0.5) is 0 Å². The van der Waals surface area contributed by atoms with Crippen molar-refractivity contribution in [3.05, 3.63) is 18.2 Å². The minimum atomic E-state index is -3.56. The van der Waals surface area contributed by atoms with Gasteiger partial charge in [-0.25, -0.2) is 8.42 Å². The van der Waals surface area contributed by atoms with Crippen LogP contribution in [0.5, 0.6) is 0 Å². The first-order valence-electron chi connectivity index (χ1n) is 6.93. The van der Waals surface area contributed by atoms with Gasteiger partial charge in [-0.1, -0.05) is 18.7 Å².